The van der Waals surface area contributed by atoms with Crippen LogP contribution < -0.4 is 0 Å². The Hall–Kier alpha value is -2.62. The number of carbonyl (C=O) groups excluding carboxylic acids is 2. The number of hydrogen-bond acceptors (Lipinski definition) is 3. The van der Waals surface area contributed by atoms with Gasteiger partial charge in [0, 0.05) is 0 Å². The zero-order chi connectivity index (χ0) is 15.6. The van der Waals surface area contributed by atoms with Gasteiger partial charge < -0.3 is 4.74 Å². The first kappa shape index (κ1) is 14.3. The van der Waals surface area contributed by atoms with E-state index < -0.39 is 11.5 Å². The summed E-state index contributed by atoms with van der Waals surface area (Å²) in [6.07, 6.45) is -0.567. The van der Waals surface area contributed by atoms with Crippen LogP contribution in [0.5, 0.6) is 0 Å². The van der Waals surface area contributed by atoms with E-state index in [0.29, 0.717) is 6.54 Å². The Morgan fingerprint density at radius 3 is 1.91 bits per heavy atom. The largest absolute Gasteiger partial charge is 0.447 e. The molecular formula is C18H17NO3. The lowest BCUT2D eigenvalue weighted by atomic mass is 9.75. The van der Waals surface area contributed by atoms with Gasteiger partial charge >= 0.3 is 6.09 Å². The van der Waals surface area contributed by atoms with Crippen molar-refractivity contribution in [2.24, 2.45) is 0 Å². The van der Waals surface area contributed by atoms with Gasteiger partial charge in [-0.2, -0.15) is 0 Å². The molecule has 0 spiro atoms. The predicted octanol–water partition coefficient (Wildman–Crippen LogP) is 2.97. The SMILES string of the molecule is CC(C(=O)N1CCOC1=O)(c1ccccc1)c1ccccc1. The van der Waals surface area contributed by atoms with E-state index in [9.17, 15) is 9.59 Å². The number of ether oxygens (including phenoxy) is 1. The highest BCUT2D eigenvalue weighted by Crippen LogP contribution is 2.34. The maximum atomic E-state index is 13.1. The zero-order valence-corrected chi connectivity index (χ0v) is 12.4. The summed E-state index contributed by atoms with van der Waals surface area (Å²) in [6, 6.07) is 19.0. The summed E-state index contributed by atoms with van der Waals surface area (Å²) in [4.78, 5) is 26.1. The van der Waals surface area contributed by atoms with Gasteiger partial charge in [-0.25, -0.2) is 9.69 Å². The predicted molar refractivity (Wildman–Crippen MR) is 82.4 cm³/mol. The van der Waals surface area contributed by atoms with Crippen molar-refractivity contribution in [2.45, 2.75) is 12.3 Å². The first-order valence-corrected chi connectivity index (χ1v) is 7.24. The number of benzene rings is 2. The lowest BCUT2D eigenvalue weighted by molar-refractivity contribution is -0.131. The summed E-state index contributed by atoms with van der Waals surface area (Å²) < 4.78 is 4.92. The highest BCUT2D eigenvalue weighted by Gasteiger charge is 2.44. The van der Waals surface area contributed by atoms with Crippen LogP contribution in [0.2, 0.25) is 0 Å². The summed E-state index contributed by atoms with van der Waals surface area (Å²) in [5, 5.41) is 0. The third kappa shape index (κ3) is 2.26. The minimum Gasteiger partial charge on any atom is -0.447 e. The molecule has 2 aromatic carbocycles. The minimum absolute atomic E-state index is 0.254. The third-order valence-electron chi connectivity index (χ3n) is 4.14. The third-order valence-corrected chi connectivity index (χ3v) is 4.14. The maximum Gasteiger partial charge on any atom is 0.416 e. The highest BCUT2D eigenvalue weighted by molar-refractivity contribution is 6.01. The van der Waals surface area contributed by atoms with Crippen molar-refractivity contribution in [3.8, 4) is 0 Å². The van der Waals surface area contributed by atoms with Crippen LogP contribution in [0.15, 0.2) is 60.7 Å². The van der Waals surface area contributed by atoms with Gasteiger partial charge in [0.05, 0.1) is 12.0 Å². The number of imide groups is 1. The molecule has 1 saturated heterocycles. The lowest BCUT2D eigenvalue weighted by Gasteiger charge is -2.31. The van der Waals surface area contributed by atoms with Gasteiger partial charge in [0.2, 0.25) is 5.91 Å². The van der Waals surface area contributed by atoms with Crippen LogP contribution >= 0.6 is 0 Å². The van der Waals surface area contributed by atoms with Crippen LogP contribution in [-0.4, -0.2) is 30.1 Å². The van der Waals surface area contributed by atoms with Crippen LogP contribution in [0.25, 0.3) is 0 Å². The molecule has 112 valence electrons. The second-order valence-electron chi connectivity index (χ2n) is 5.43. The first-order chi connectivity index (χ1) is 10.6. The number of carbonyl (C=O) groups is 2. The van der Waals surface area contributed by atoms with Gasteiger partial charge in [-0.1, -0.05) is 60.7 Å². The van der Waals surface area contributed by atoms with E-state index in [-0.39, 0.29) is 12.5 Å². The summed E-state index contributed by atoms with van der Waals surface area (Å²) in [7, 11) is 0. The van der Waals surface area contributed by atoms with Crippen molar-refractivity contribution in [1.29, 1.82) is 0 Å². The molecule has 0 atom stereocenters. The van der Waals surface area contributed by atoms with Crippen LogP contribution in [0.1, 0.15) is 18.1 Å². The maximum absolute atomic E-state index is 13.1. The van der Waals surface area contributed by atoms with Crippen LogP contribution in [0.3, 0.4) is 0 Å². The van der Waals surface area contributed by atoms with Gasteiger partial charge in [0.25, 0.3) is 0 Å². The molecule has 1 fully saturated rings. The average Bonchev–Trinajstić information content (AvgIpc) is 3.01. The van der Waals surface area contributed by atoms with E-state index in [1.165, 1.54) is 4.90 Å². The standard InChI is InChI=1S/C18H17NO3/c1-18(14-8-4-2-5-9-14,15-10-6-3-7-11-15)16(20)19-12-13-22-17(19)21/h2-11H,12-13H2,1H3. The molecule has 2 amide bonds. The van der Waals surface area contributed by atoms with E-state index >= 15 is 0 Å². The first-order valence-electron chi connectivity index (χ1n) is 7.24. The number of nitrogens with zero attached hydrogens (tertiary/aromatic N) is 1. The Labute approximate surface area is 129 Å². The van der Waals surface area contributed by atoms with Crippen molar-refractivity contribution >= 4 is 12.0 Å². The monoisotopic (exact) mass is 295 g/mol. The molecule has 4 heteroatoms. The van der Waals surface area contributed by atoms with E-state index in [4.69, 9.17) is 4.74 Å². The second-order valence-corrected chi connectivity index (χ2v) is 5.43. The number of hydrogen-bond donors (Lipinski definition) is 0. The molecule has 22 heavy (non-hydrogen) atoms. The molecule has 0 N–H and O–H groups in total. The Kier molecular flexibility index (Phi) is 3.67. The zero-order valence-electron chi connectivity index (χ0n) is 12.4. The van der Waals surface area contributed by atoms with E-state index in [0.717, 1.165) is 11.1 Å². The molecule has 4 nitrogen and oxygen atoms in total. The fourth-order valence-corrected chi connectivity index (χ4v) is 2.80. The molecule has 1 aliphatic rings. The molecule has 0 radical (unpaired) electrons. The van der Waals surface area contributed by atoms with Crippen molar-refractivity contribution in [3.63, 3.8) is 0 Å². The van der Waals surface area contributed by atoms with Gasteiger partial charge in [0.1, 0.15) is 6.61 Å². The van der Waals surface area contributed by atoms with E-state index in [2.05, 4.69) is 0 Å². The van der Waals surface area contributed by atoms with Crippen molar-refractivity contribution in [1.82, 2.24) is 4.90 Å². The number of cyclic esters (lactones) is 1. The fraction of sp³-hybridized carbons (Fsp3) is 0.222. The van der Waals surface area contributed by atoms with Crippen LogP contribution in [0, 0.1) is 0 Å². The van der Waals surface area contributed by atoms with E-state index in [1.807, 2.05) is 67.6 Å². The molecule has 0 aromatic heterocycles. The quantitative estimate of drug-likeness (QED) is 0.874. The highest BCUT2D eigenvalue weighted by atomic mass is 16.6. The Morgan fingerprint density at radius 2 is 1.50 bits per heavy atom. The molecular weight excluding hydrogens is 278 g/mol. The Bertz CT molecular complexity index is 642. The molecule has 0 unspecified atom stereocenters. The van der Waals surface area contributed by atoms with Gasteiger partial charge in [-0.05, 0) is 18.1 Å². The van der Waals surface area contributed by atoms with Crippen molar-refractivity contribution in [2.75, 3.05) is 13.2 Å². The van der Waals surface area contributed by atoms with E-state index in [1.54, 1.807) is 0 Å². The summed E-state index contributed by atoms with van der Waals surface area (Å²) in [6.45, 7) is 2.41. The lowest BCUT2D eigenvalue weighted by Crippen LogP contribution is -2.46. The fourth-order valence-electron chi connectivity index (χ4n) is 2.80. The summed E-state index contributed by atoms with van der Waals surface area (Å²) >= 11 is 0. The topological polar surface area (TPSA) is 46.6 Å². The molecule has 0 saturated carbocycles. The molecule has 1 aliphatic heterocycles. The Balaban J connectivity index is 2.11. The minimum atomic E-state index is -0.925. The molecule has 2 aromatic rings. The van der Waals surface area contributed by atoms with Crippen LogP contribution in [-0.2, 0) is 14.9 Å². The number of amides is 2. The van der Waals surface area contributed by atoms with Gasteiger partial charge in [-0.15, -0.1) is 0 Å². The van der Waals surface area contributed by atoms with Crippen LogP contribution in [0.4, 0.5) is 4.79 Å². The van der Waals surface area contributed by atoms with Crippen molar-refractivity contribution in [3.05, 3.63) is 71.8 Å². The van der Waals surface area contributed by atoms with Gasteiger partial charge in [-0.3, -0.25) is 4.79 Å². The molecule has 1 heterocycles. The van der Waals surface area contributed by atoms with Gasteiger partial charge in [0.15, 0.2) is 0 Å². The Morgan fingerprint density at radius 1 is 1.00 bits per heavy atom. The molecule has 0 aliphatic carbocycles. The smallest absolute Gasteiger partial charge is 0.416 e. The van der Waals surface area contributed by atoms with Crippen molar-refractivity contribution < 1.29 is 14.3 Å². The summed E-state index contributed by atoms with van der Waals surface area (Å²) in [5.41, 5.74) is 0.781. The summed E-state index contributed by atoms with van der Waals surface area (Å²) in [5.74, 6) is -0.257. The average molecular weight is 295 g/mol. The molecule has 3 rings (SSSR count). The molecule has 0 bridgehead atoms. The normalized spacial score (nSPS) is 14.8. The second kappa shape index (κ2) is 5.64. The number of rotatable bonds is 3.